The number of nitrogens with one attached hydrogen (secondary N) is 2. The average molecular weight is 531 g/mol. The molecule has 2 aliphatic carbocycles. The minimum absolute atomic E-state index is 0.0145. The minimum Gasteiger partial charge on any atom is -0.465 e. The summed E-state index contributed by atoms with van der Waals surface area (Å²) in [6.45, 7) is 1.05. The van der Waals surface area contributed by atoms with Gasteiger partial charge < -0.3 is 15.7 Å². The molecule has 2 aromatic heterocycles. The van der Waals surface area contributed by atoms with Gasteiger partial charge in [0.1, 0.15) is 5.82 Å². The summed E-state index contributed by atoms with van der Waals surface area (Å²) in [6.07, 6.45) is 0.0840. The van der Waals surface area contributed by atoms with Crippen LogP contribution in [0.15, 0.2) is 30.5 Å². The van der Waals surface area contributed by atoms with Crippen molar-refractivity contribution < 1.29 is 27.9 Å². The van der Waals surface area contributed by atoms with Gasteiger partial charge in [-0.25, -0.2) is 14.3 Å². The summed E-state index contributed by atoms with van der Waals surface area (Å²) in [7, 11) is 0. The molecule has 1 aromatic carbocycles. The predicted octanol–water partition coefficient (Wildman–Crippen LogP) is 5.39. The number of amides is 2. The zero-order chi connectivity index (χ0) is 27.0. The van der Waals surface area contributed by atoms with E-state index >= 15 is 0 Å². The molecule has 3 aromatic rings. The van der Waals surface area contributed by atoms with Gasteiger partial charge in [-0.2, -0.15) is 13.2 Å². The number of nitrogens with zero attached hydrogens (tertiary/aromatic N) is 4. The molecule has 5 rings (SSSR count). The van der Waals surface area contributed by atoms with Crippen LogP contribution in [0.5, 0.6) is 0 Å². The van der Waals surface area contributed by atoms with Crippen molar-refractivity contribution in [3.05, 3.63) is 41.6 Å². The zero-order valence-electron chi connectivity index (χ0n) is 20.9. The van der Waals surface area contributed by atoms with E-state index < -0.39 is 25.2 Å². The number of aryl methyl sites for hydroxylation is 1. The predicted molar refractivity (Wildman–Crippen MR) is 136 cm³/mol. The molecule has 2 heterocycles. The van der Waals surface area contributed by atoms with E-state index in [-0.39, 0.29) is 29.3 Å². The van der Waals surface area contributed by atoms with Crippen molar-refractivity contribution in [2.45, 2.75) is 70.1 Å². The molecule has 202 valence electrons. The Labute approximate surface area is 217 Å². The normalized spacial score (nSPS) is 16.1. The molecule has 0 aliphatic heterocycles. The molecule has 12 heteroatoms. The first-order valence-corrected chi connectivity index (χ1v) is 12.7. The van der Waals surface area contributed by atoms with Crippen LogP contribution in [0.3, 0.4) is 0 Å². The van der Waals surface area contributed by atoms with Crippen LogP contribution < -0.4 is 15.5 Å². The Morgan fingerprint density at radius 3 is 2.50 bits per heavy atom. The second-order valence-corrected chi connectivity index (χ2v) is 10.00. The molecule has 2 fully saturated rings. The fourth-order valence-corrected chi connectivity index (χ4v) is 4.82. The minimum atomic E-state index is -4.52. The SMILES string of the molecule is Cc1cc(-c2cnc3c(N(CCC(F)(F)F)C(=O)O)cc(NC4CCCC4)nn23)ccc1C(=O)NC1CC1. The number of alkyl halides is 3. The molecule has 0 unspecified atom stereocenters. The van der Waals surface area contributed by atoms with E-state index in [1.165, 1.54) is 16.8 Å². The van der Waals surface area contributed by atoms with Crippen molar-refractivity contribution >= 4 is 29.2 Å². The lowest BCUT2D eigenvalue weighted by Gasteiger charge is -2.22. The first kappa shape index (κ1) is 25.8. The van der Waals surface area contributed by atoms with E-state index in [9.17, 15) is 27.9 Å². The van der Waals surface area contributed by atoms with Crippen LogP contribution in [-0.2, 0) is 0 Å². The van der Waals surface area contributed by atoms with Gasteiger partial charge in [0.2, 0.25) is 0 Å². The molecule has 2 aliphatic rings. The summed E-state index contributed by atoms with van der Waals surface area (Å²) in [6, 6.07) is 7.11. The van der Waals surface area contributed by atoms with E-state index in [1.807, 2.05) is 13.0 Å². The Balaban J connectivity index is 1.55. The molecular weight excluding hydrogens is 501 g/mol. The van der Waals surface area contributed by atoms with E-state index in [2.05, 4.69) is 20.7 Å². The van der Waals surface area contributed by atoms with E-state index in [1.54, 1.807) is 12.1 Å². The molecule has 2 saturated carbocycles. The Bertz CT molecular complexity index is 1360. The lowest BCUT2D eigenvalue weighted by molar-refractivity contribution is -0.132. The summed E-state index contributed by atoms with van der Waals surface area (Å²) in [5.41, 5.74) is 2.64. The third-order valence-corrected chi connectivity index (χ3v) is 6.98. The van der Waals surface area contributed by atoms with Crippen molar-refractivity contribution in [3.63, 3.8) is 0 Å². The van der Waals surface area contributed by atoms with Crippen molar-refractivity contribution in [1.82, 2.24) is 19.9 Å². The number of hydrogen-bond donors (Lipinski definition) is 3. The van der Waals surface area contributed by atoms with Crippen molar-refractivity contribution in [3.8, 4) is 11.3 Å². The van der Waals surface area contributed by atoms with Crippen LogP contribution in [0, 0.1) is 6.92 Å². The van der Waals surface area contributed by atoms with Crippen molar-refractivity contribution in [1.29, 1.82) is 0 Å². The summed E-state index contributed by atoms with van der Waals surface area (Å²) >= 11 is 0. The molecule has 3 N–H and O–H groups in total. The number of benzene rings is 1. The number of fused-ring (bicyclic) bond motifs is 1. The van der Waals surface area contributed by atoms with Gasteiger partial charge in [0.25, 0.3) is 5.91 Å². The molecule has 0 radical (unpaired) electrons. The Kier molecular flexibility index (Phi) is 6.89. The van der Waals surface area contributed by atoms with Gasteiger partial charge in [-0.15, -0.1) is 5.10 Å². The number of carboxylic acid groups (broad SMARTS) is 1. The summed E-state index contributed by atoms with van der Waals surface area (Å²) in [4.78, 5) is 29.6. The number of anilines is 2. The summed E-state index contributed by atoms with van der Waals surface area (Å²) in [5.74, 6) is 0.217. The number of imidazole rings is 1. The molecule has 2 amide bonds. The first-order valence-electron chi connectivity index (χ1n) is 12.7. The maximum atomic E-state index is 13.0. The number of carbonyl (C=O) groups excluding carboxylic acids is 1. The van der Waals surface area contributed by atoms with Gasteiger partial charge in [-0.1, -0.05) is 18.9 Å². The topological polar surface area (TPSA) is 112 Å². The van der Waals surface area contributed by atoms with E-state index in [4.69, 9.17) is 0 Å². The molecule has 0 bridgehead atoms. The zero-order valence-corrected chi connectivity index (χ0v) is 20.9. The third-order valence-electron chi connectivity index (χ3n) is 6.98. The Morgan fingerprint density at radius 1 is 1.13 bits per heavy atom. The van der Waals surface area contributed by atoms with Crippen LogP contribution in [0.2, 0.25) is 0 Å². The fourth-order valence-electron chi connectivity index (χ4n) is 4.82. The highest BCUT2D eigenvalue weighted by molar-refractivity contribution is 5.97. The Morgan fingerprint density at radius 2 is 1.87 bits per heavy atom. The molecule has 38 heavy (non-hydrogen) atoms. The molecule has 9 nitrogen and oxygen atoms in total. The monoisotopic (exact) mass is 530 g/mol. The largest absolute Gasteiger partial charge is 0.465 e. The second kappa shape index (κ2) is 10.1. The highest BCUT2D eigenvalue weighted by atomic mass is 19.4. The number of carbonyl (C=O) groups is 2. The Hall–Kier alpha value is -3.83. The lowest BCUT2D eigenvalue weighted by atomic mass is 10.0. The molecule has 0 spiro atoms. The highest BCUT2D eigenvalue weighted by Crippen LogP contribution is 2.32. The van der Waals surface area contributed by atoms with Crippen molar-refractivity contribution in [2.24, 2.45) is 0 Å². The average Bonchev–Trinajstić information content (AvgIpc) is 3.32. The van der Waals surface area contributed by atoms with Gasteiger partial charge in [-0.05, 0) is 50.3 Å². The van der Waals surface area contributed by atoms with Gasteiger partial charge >= 0.3 is 12.3 Å². The van der Waals surface area contributed by atoms with Crippen molar-refractivity contribution in [2.75, 3.05) is 16.8 Å². The molecular formula is C26H29F3N6O3. The first-order chi connectivity index (χ1) is 18.1. The second-order valence-electron chi connectivity index (χ2n) is 10.00. The van der Waals surface area contributed by atoms with Gasteiger partial charge in [0, 0.05) is 35.8 Å². The van der Waals surface area contributed by atoms with Crippen LogP contribution in [-0.4, -0.2) is 56.5 Å². The smallest absolute Gasteiger partial charge is 0.411 e. The fraction of sp³-hybridized carbons (Fsp3) is 0.462. The maximum Gasteiger partial charge on any atom is 0.411 e. The molecule has 0 atom stereocenters. The van der Waals surface area contributed by atoms with Gasteiger partial charge in [0.05, 0.1) is 24.0 Å². The maximum absolute atomic E-state index is 13.0. The third kappa shape index (κ3) is 5.68. The lowest BCUT2D eigenvalue weighted by Crippen LogP contribution is -2.33. The molecule has 0 saturated heterocycles. The van der Waals surface area contributed by atoms with Crippen LogP contribution in [0.1, 0.15) is 60.9 Å². The standard InChI is InChI=1S/C26H29F3N6O3/c1-15-12-16(6-9-19(15)24(36)32-18-7-8-18)21-14-30-23-20(34(25(37)38)11-10-26(27,28)29)13-22(33-35(21)23)31-17-4-2-3-5-17/h6,9,12-14,17-18H,2-5,7-8,10-11H2,1H3,(H,31,33)(H,32,36)(H,37,38). The number of aromatic nitrogens is 3. The number of halogens is 3. The number of rotatable bonds is 8. The quantitative estimate of drug-likeness (QED) is 0.360. The van der Waals surface area contributed by atoms with Crippen LogP contribution >= 0.6 is 0 Å². The van der Waals surface area contributed by atoms with Gasteiger partial charge in [-0.3, -0.25) is 9.69 Å². The highest BCUT2D eigenvalue weighted by Gasteiger charge is 2.31. The van der Waals surface area contributed by atoms with Crippen LogP contribution in [0.25, 0.3) is 16.9 Å². The van der Waals surface area contributed by atoms with Gasteiger partial charge in [0.15, 0.2) is 5.65 Å². The number of hydrogen-bond acceptors (Lipinski definition) is 5. The van der Waals surface area contributed by atoms with E-state index in [0.29, 0.717) is 27.5 Å². The summed E-state index contributed by atoms with van der Waals surface area (Å²) in [5, 5.41) is 20.7. The van der Waals surface area contributed by atoms with Crippen LogP contribution in [0.4, 0.5) is 29.5 Å². The summed E-state index contributed by atoms with van der Waals surface area (Å²) < 4.78 is 40.4. The van der Waals surface area contributed by atoms with E-state index in [0.717, 1.165) is 44.1 Å².